The van der Waals surface area contributed by atoms with Gasteiger partial charge in [-0.3, -0.25) is 4.90 Å². The maximum absolute atomic E-state index is 9.41. The highest BCUT2D eigenvalue weighted by molar-refractivity contribution is 7.10. The molecule has 0 amide bonds. The Morgan fingerprint density at radius 1 is 1.71 bits per heavy atom. The van der Waals surface area contributed by atoms with Gasteiger partial charge in [0.2, 0.25) is 0 Å². The van der Waals surface area contributed by atoms with Gasteiger partial charge in [-0.15, -0.1) is 11.3 Å². The van der Waals surface area contributed by atoms with Gasteiger partial charge in [-0.2, -0.15) is 0 Å². The lowest BCUT2D eigenvalue weighted by Crippen LogP contribution is -2.50. The molecule has 17 heavy (non-hydrogen) atoms. The maximum atomic E-state index is 9.41. The van der Waals surface area contributed by atoms with E-state index in [9.17, 15) is 5.11 Å². The van der Waals surface area contributed by atoms with Gasteiger partial charge in [0.15, 0.2) is 0 Å². The fourth-order valence-corrected chi connectivity index (χ4v) is 3.42. The molecule has 0 radical (unpaired) electrons. The SMILES string of the molecule is Cc1ccsc1C(CN)N1CCOCC1CO. The van der Waals surface area contributed by atoms with Crippen molar-refractivity contribution in [3.05, 3.63) is 21.9 Å². The first-order valence-electron chi connectivity index (χ1n) is 5.96. The maximum Gasteiger partial charge on any atom is 0.0645 e. The molecule has 2 atom stereocenters. The van der Waals surface area contributed by atoms with Gasteiger partial charge < -0.3 is 15.6 Å². The lowest BCUT2D eigenvalue weighted by molar-refractivity contribution is -0.0458. The second-order valence-electron chi connectivity index (χ2n) is 4.37. The summed E-state index contributed by atoms with van der Waals surface area (Å²) >= 11 is 1.74. The molecule has 2 unspecified atom stereocenters. The van der Waals surface area contributed by atoms with Crippen LogP contribution in [0.5, 0.6) is 0 Å². The molecular formula is C12H20N2O2S. The van der Waals surface area contributed by atoms with Crippen LogP contribution < -0.4 is 5.73 Å². The van der Waals surface area contributed by atoms with Crippen LogP contribution in [0, 0.1) is 6.92 Å². The predicted octanol–water partition coefficient (Wildman–Crippen LogP) is 0.749. The highest BCUT2D eigenvalue weighted by Gasteiger charge is 2.30. The largest absolute Gasteiger partial charge is 0.395 e. The van der Waals surface area contributed by atoms with Crippen LogP contribution >= 0.6 is 11.3 Å². The van der Waals surface area contributed by atoms with Gasteiger partial charge in [0.1, 0.15) is 0 Å². The molecule has 2 rings (SSSR count). The topological polar surface area (TPSA) is 58.7 Å². The number of aliphatic hydroxyl groups is 1. The Balaban J connectivity index is 2.19. The Hall–Kier alpha value is -0.460. The number of hydrogen-bond donors (Lipinski definition) is 2. The minimum absolute atomic E-state index is 0.0683. The van der Waals surface area contributed by atoms with E-state index in [-0.39, 0.29) is 18.7 Å². The molecular weight excluding hydrogens is 236 g/mol. The van der Waals surface area contributed by atoms with Gasteiger partial charge in [0.05, 0.1) is 31.9 Å². The molecule has 2 heterocycles. The molecule has 1 aliphatic heterocycles. The van der Waals surface area contributed by atoms with Gasteiger partial charge in [-0.05, 0) is 23.9 Å². The number of nitrogens with two attached hydrogens (primary N) is 1. The van der Waals surface area contributed by atoms with Crippen molar-refractivity contribution in [3.8, 4) is 0 Å². The zero-order chi connectivity index (χ0) is 12.3. The molecule has 1 saturated heterocycles. The first-order chi connectivity index (χ1) is 8.27. The molecule has 5 heteroatoms. The van der Waals surface area contributed by atoms with Crippen molar-refractivity contribution in [2.75, 3.05) is 32.9 Å². The van der Waals surface area contributed by atoms with Crippen molar-refractivity contribution in [1.82, 2.24) is 4.90 Å². The highest BCUT2D eigenvalue weighted by atomic mass is 32.1. The van der Waals surface area contributed by atoms with Gasteiger partial charge in [0.25, 0.3) is 0 Å². The summed E-state index contributed by atoms with van der Waals surface area (Å²) in [4.78, 5) is 3.59. The smallest absolute Gasteiger partial charge is 0.0645 e. The number of rotatable bonds is 4. The fourth-order valence-electron chi connectivity index (χ4n) is 2.35. The minimum atomic E-state index is 0.0683. The van der Waals surface area contributed by atoms with E-state index in [4.69, 9.17) is 10.5 Å². The Morgan fingerprint density at radius 2 is 2.53 bits per heavy atom. The average Bonchev–Trinajstić information content (AvgIpc) is 2.78. The Kier molecular flexibility index (Phi) is 4.53. The molecule has 1 aromatic heterocycles. The van der Waals surface area contributed by atoms with Crippen LogP contribution in [0.1, 0.15) is 16.5 Å². The van der Waals surface area contributed by atoms with Gasteiger partial charge in [-0.25, -0.2) is 0 Å². The van der Waals surface area contributed by atoms with E-state index in [1.54, 1.807) is 11.3 Å². The molecule has 0 bridgehead atoms. The van der Waals surface area contributed by atoms with E-state index in [1.165, 1.54) is 10.4 Å². The van der Waals surface area contributed by atoms with E-state index in [1.807, 2.05) is 0 Å². The monoisotopic (exact) mass is 256 g/mol. The van der Waals surface area contributed by atoms with E-state index in [0.717, 1.165) is 13.2 Å². The first kappa shape index (κ1) is 13.0. The van der Waals surface area contributed by atoms with Crippen molar-refractivity contribution in [2.24, 2.45) is 5.73 Å². The number of hydrogen-bond acceptors (Lipinski definition) is 5. The molecule has 1 fully saturated rings. The van der Waals surface area contributed by atoms with Gasteiger partial charge in [0, 0.05) is 18.0 Å². The molecule has 96 valence electrons. The number of aliphatic hydroxyl groups excluding tert-OH is 1. The lowest BCUT2D eigenvalue weighted by atomic mass is 10.1. The minimum Gasteiger partial charge on any atom is -0.395 e. The molecule has 3 N–H and O–H groups in total. The summed E-state index contributed by atoms with van der Waals surface area (Å²) in [6.07, 6.45) is 0. The normalized spacial score (nSPS) is 23.8. The first-order valence-corrected chi connectivity index (χ1v) is 6.84. The summed E-state index contributed by atoms with van der Waals surface area (Å²) in [5.74, 6) is 0. The van der Waals surface area contributed by atoms with Crippen LogP contribution in [-0.4, -0.2) is 49.0 Å². The molecule has 0 aliphatic carbocycles. The third-order valence-electron chi connectivity index (χ3n) is 3.31. The van der Waals surface area contributed by atoms with Gasteiger partial charge >= 0.3 is 0 Å². The zero-order valence-corrected chi connectivity index (χ0v) is 10.9. The van der Waals surface area contributed by atoms with E-state index >= 15 is 0 Å². The van der Waals surface area contributed by atoms with Crippen molar-refractivity contribution in [3.63, 3.8) is 0 Å². The van der Waals surface area contributed by atoms with Crippen LogP contribution in [0.15, 0.2) is 11.4 Å². The summed E-state index contributed by atoms with van der Waals surface area (Å²) in [6.45, 7) is 4.97. The van der Waals surface area contributed by atoms with Crippen molar-refractivity contribution >= 4 is 11.3 Å². The Labute approximate surface area is 106 Å². The summed E-state index contributed by atoms with van der Waals surface area (Å²) in [5, 5.41) is 11.5. The summed E-state index contributed by atoms with van der Waals surface area (Å²) in [5.41, 5.74) is 7.21. The second kappa shape index (κ2) is 5.93. The van der Waals surface area contributed by atoms with Gasteiger partial charge in [-0.1, -0.05) is 0 Å². The summed E-state index contributed by atoms with van der Waals surface area (Å²) < 4.78 is 5.41. The average molecular weight is 256 g/mol. The van der Waals surface area contributed by atoms with Crippen LogP contribution in [-0.2, 0) is 4.74 Å². The predicted molar refractivity (Wildman–Crippen MR) is 69.3 cm³/mol. The Bertz CT molecular complexity index is 356. The number of ether oxygens (including phenoxy) is 1. The molecule has 1 aromatic rings. The molecule has 0 aromatic carbocycles. The Morgan fingerprint density at radius 3 is 3.12 bits per heavy atom. The van der Waals surface area contributed by atoms with E-state index in [2.05, 4.69) is 23.3 Å². The van der Waals surface area contributed by atoms with Crippen LogP contribution in [0.2, 0.25) is 0 Å². The molecule has 0 spiro atoms. The van der Waals surface area contributed by atoms with Crippen LogP contribution in [0.25, 0.3) is 0 Å². The number of aryl methyl sites for hydroxylation is 1. The third kappa shape index (κ3) is 2.69. The number of thiophene rings is 1. The van der Waals surface area contributed by atoms with Crippen LogP contribution in [0.4, 0.5) is 0 Å². The number of morpholine rings is 1. The van der Waals surface area contributed by atoms with Crippen molar-refractivity contribution in [1.29, 1.82) is 0 Å². The van der Waals surface area contributed by atoms with Crippen LogP contribution in [0.3, 0.4) is 0 Å². The number of nitrogens with zero attached hydrogens (tertiary/aromatic N) is 1. The zero-order valence-electron chi connectivity index (χ0n) is 10.1. The van der Waals surface area contributed by atoms with E-state index in [0.29, 0.717) is 13.2 Å². The van der Waals surface area contributed by atoms with Crippen molar-refractivity contribution < 1.29 is 9.84 Å². The second-order valence-corrected chi connectivity index (χ2v) is 5.32. The molecule has 1 aliphatic rings. The fraction of sp³-hybridized carbons (Fsp3) is 0.667. The van der Waals surface area contributed by atoms with E-state index < -0.39 is 0 Å². The molecule has 0 saturated carbocycles. The quantitative estimate of drug-likeness (QED) is 0.834. The standard InChI is InChI=1S/C12H20N2O2S/c1-9-2-5-17-12(9)11(6-13)14-3-4-16-8-10(14)7-15/h2,5,10-11,15H,3-4,6-8,13H2,1H3. The summed E-state index contributed by atoms with van der Waals surface area (Å²) in [7, 11) is 0. The summed E-state index contributed by atoms with van der Waals surface area (Å²) in [6, 6.07) is 2.40. The van der Waals surface area contributed by atoms with Crippen molar-refractivity contribution in [2.45, 2.75) is 19.0 Å². The third-order valence-corrected chi connectivity index (χ3v) is 4.43. The lowest BCUT2D eigenvalue weighted by Gasteiger charge is -2.39. The molecule has 4 nitrogen and oxygen atoms in total. The highest BCUT2D eigenvalue weighted by Crippen LogP contribution is 2.30.